The summed E-state index contributed by atoms with van der Waals surface area (Å²) in [5.74, 6) is 0.467. The Hall–Kier alpha value is -3.43. The lowest BCUT2D eigenvalue weighted by Gasteiger charge is -2.34. The molecule has 0 unspecified atom stereocenters. The Labute approximate surface area is 198 Å². The van der Waals surface area contributed by atoms with Crippen molar-refractivity contribution in [2.24, 2.45) is 0 Å². The van der Waals surface area contributed by atoms with Crippen LogP contribution in [0.3, 0.4) is 0 Å². The first kappa shape index (κ1) is 23.7. The van der Waals surface area contributed by atoms with Gasteiger partial charge in [0.15, 0.2) is 0 Å². The standard InChI is InChI=1S/C25H25FN2O5S/c26-20-10-12-22(13-11-20)34(30,31)28-16-14-27(15-17-28)25(29)23-8-4-5-9-24(23)33-19-18-32-21-6-2-1-3-7-21/h1-13H,14-19H2. The normalized spacial score (nSPS) is 14.6. The molecule has 0 aliphatic carbocycles. The third-order valence-corrected chi connectivity index (χ3v) is 7.36. The maximum atomic E-state index is 13.2. The smallest absolute Gasteiger partial charge is 0.257 e. The van der Waals surface area contributed by atoms with Gasteiger partial charge in [-0.2, -0.15) is 4.31 Å². The van der Waals surface area contributed by atoms with Crippen LogP contribution in [0.25, 0.3) is 0 Å². The third kappa shape index (κ3) is 5.55. The van der Waals surface area contributed by atoms with E-state index in [1.54, 1.807) is 29.2 Å². The van der Waals surface area contributed by atoms with Gasteiger partial charge in [0.25, 0.3) is 5.91 Å². The van der Waals surface area contributed by atoms with Crippen molar-refractivity contribution < 1.29 is 27.1 Å². The number of piperazine rings is 1. The number of sulfonamides is 1. The second-order valence-electron chi connectivity index (χ2n) is 7.66. The summed E-state index contributed by atoms with van der Waals surface area (Å²) >= 11 is 0. The molecular weight excluding hydrogens is 459 g/mol. The van der Waals surface area contributed by atoms with Crippen molar-refractivity contribution in [3.8, 4) is 11.5 Å². The lowest BCUT2D eigenvalue weighted by Crippen LogP contribution is -2.50. The van der Waals surface area contributed by atoms with Gasteiger partial charge in [-0.25, -0.2) is 12.8 Å². The van der Waals surface area contributed by atoms with Crippen molar-refractivity contribution in [2.45, 2.75) is 4.90 Å². The minimum Gasteiger partial charge on any atom is -0.490 e. The van der Waals surface area contributed by atoms with E-state index in [-0.39, 0.29) is 43.6 Å². The molecule has 1 heterocycles. The Kier molecular flexibility index (Phi) is 7.44. The average molecular weight is 485 g/mol. The molecule has 0 atom stereocenters. The zero-order chi connectivity index (χ0) is 24.0. The maximum Gasteiger partial charge on any atom is 0.257 e. The molecule has 3 aromatic carbocycles. The van der Waals surface area contributed by atoms with Crippen molar-refractivity contribution in [2.75, 3.05) is 39.4 Å². The van der Waals surface area contributed by atoms with Crippen LogP contribution in [-0.4, -0.2) is 62.9 Å². The zero-order valence-electron chi connectivity index (χ0n) is 18.5. The number of hydrogen-bond donors (Lipinski definition) is 0. The van der Waals surface area contributed by atoms with Crippen LogP contribution < -0.4 is 9.47 Å². The van der Waals surface area contributed by atoms with Gasteiger partial charge in [0, 0.05) is 26.2 Å². The minimum atomic E-state index is -3.75. The van der Waals surface area contributed by atoms with E-state index in [0.29, 0.717) is 17.9 Å². The summed E-state index contributed by atoms with van der Waals surface area (Å²) in [4.78, 5) is 14.8. The van der Waals surface area contributed by atoms with E-state index in [4.69, 9.17) is 9.47 Å². The van der Waals surface area contributed by atoms with E-state index in [2.05, 4.69) is 0 Å². The van der Waals surface area contributed by atoms with Gasteiger partial charge >= 0.3 is 0 Å². The molecular formula is C25H25FN2O5S. The Balaban J connectivity index is 1.34. The number of rotatable bonds is 8. The van der Waals surface area contributed by atoms with Crippen LogP contribution in [0.5, 0.6) is 11.5 Å². The lowest BCUT2D eigenvalue weighted by atomic mass is 10.1. The van der Waals surface area contributed by atoms with Crippen LogP contribution in [-0.2, 0) is 10.0 Å². The fraction of sp³-hybridized carbons (Fsp3) is 0.240. The molecule has 34 heavy (non-hydrogen) atoms. The Morgan fingerprint density at radius 1 is 0.794 bits per heavy atom. The number of carbonyl (C=O) groups excluding carboxylic acids is 1. The van der Waals surface area contributed by atoms with E-state index < -0.39 is 15.8 Å². The van der Waals surface area contributed by atoms with Gasteiger partial charge in [-0.05, 0) is 48.5 Å². The van der Waals surface area contributed by atoms with E-state index in [1.807, 2.05) is 30.3 Å². The molecule has 4 rings (SSSR count). The van der Waals surface area contributed by atoms with Gasteiger partial charge in [-0.15, -0.1) is 0 Å². The molecule has 9 heteroatoms. The van der Waals surface area contributed by atoms with Crippen LogP contribution in [0.2, 0.25) is 0 Å². The number of ether oxygens (including phenoxy) is 2. The Morgan fingerprint density at radius 2 is 1.41 bits per heavy atom. The van der Waals surface area contributed by atoms with Crippen LogP contribution in [0.1, 0.15) is 10.4 Å². The number of amides is 1. The van der Waals surface area contributed by atoms with Gasteiger partial charge in [-0.3, -0.25) is 4.79 Å². The molecule has 0 bridgehead atoms. The predicted molar refractivity (Wildman–Crippen MR) is 125 cm³/mol. The third-order valence-electron chi connectivity index (χ3n) is 5.45. The SMILES string of the molecule is O=C(c1ccccc1OCCOc1ccccc1)N1CCN(S(=O)(=O)c2ccc(F)cc2)CC1. The summed E-state index contributed by atoms with van der Waals surface area (Å²) in [6, 6.07) is 21.1. The van der Waals surface area contributed by atoms with Crippen LogP contribution >= 0.6 is 0 Å². The molecule has 1 aliphatic heterocycles. The number of para-hydroxylation sites is 2. The first-order chi connectivity index (χ1) is 16.4. The predicted octanol–water partition coefficient (Wildman–Crippen LogP) is 3.43. The molecule has 7 nitrogen and oxygen atoms in total. The summed E-state index contributed by atoms with van der Waals surface area (Å²) in [5.41, 5.74) is 0.414. The Morgan fingerprint density at radius 3 is 2.12 bits per heavy atom. The second kappa shape index (κ2) is 10.7. The molecule has 3 aromatic rings. The average Bonchev–Trinajstić information content (AvgIpc) is 2.87. The molecule has 0 N–H and O–H groups in total. The van der Waals surface area contributed by atoms with Gasteiger partial charge < -0.3 is 14.4 Å². The molecule has 0 aromatic heterocycles. The second-order valence-corrected chi connectivity index (χ2v) is 9.59. The Bertz CT molecular complexity index is 1210. The summed E-state index contributed by atoms with van der Waals surface area (Å²) in [7, 11) is -3.75. The number of halogens is 1. The first-order valence-electron chi connectivity index (χ1n) is 10.9. The van der Waals surface area contributed by atoms with Crippen LogP contribution in [0.15, 0.2) is 83.8 Å². The number of nitrogens with zero attached hydrogens (tertiary/aromatic N) is 2. The van der Waals surface area contributed by atoms with E-state index >= 15 is 0 Å². The minimum absolute atomic E-state index is 0.0325. The monoisotopic (exact) mass is 484 g/mol. The van der Waals surface area contributed by atoms with Gasteiger partial charge in [0.2, 0.25) is 10.0 Å². The molecule has 0 saturated carbocycles. The highest BCUT2D eigenvalue weighted by Gasteiger charge is 2.31. The molecule has 178 valence electrons. The molecule has 1 aliphatic rings. The van der Waals surface area contributed by atoms with Crippen molar-refractivity contribution in [1.82, 2.24) is 9.21 Å². The van der Waals surface area contributed by atoms with Crippen molar-refractivity contribution >= 4 is 15.9 Å². The van der Waals surface area contributed by atoms with Crippen molar-refractivity contribution in [1.29, 1.82) is 0 Å². The molecule has 1 fully saturated rings. The fourth-order valence-corrected chi connectivity index (χ4v) is 5.08. The van der Waals surface area contributed by atoms with Gasteiger partial charge in [0.05, 0.1) is 10.5 Å². The van der Waals surface area contributed by atoms with E-state index in [9.17, 15) is 17.6 Å². The van der Waals surface area contributed by atoms with Gasteiger partial charge in [0.1, 0.15) is 30.5 Å². The van der Waals surface area contributed by atoms with E-state index in [0.717, 1.165) is 17.9 Å². The van der Waals surface area contributed by atoms with Crippen LogP contribution in [0.4, 0.5) is 4.39 Å². The zero-order valence-corrected chi connectivity index (χ0v) is 19.3. The summed E-state index contributed by atoms with van der Waals surface area (Å²) < 4.78 is 51.5. The molecule has 0 spiro atoms. The van der Waals surface area contributed by atoms with Gasteiger partial charge in [-0.1, -0.05) is 30.3 Å². The summed E-state index contributed by atoms with van der Waals surface area (Å²) in [6.07, 6.45) is 0. The fourth-order valence-electron chi connectivity index (χ4n) is 3.65. The number of benzene rings is 3. The quantitative estimate of drug-likeness (QED) is 0.458. The number of carbonyl (C=O) groups is 1. The van der Waals surface area contributed by atoms with E-state index in [1.165, 1.54) is 16.4 Å². The van der Waals surface area contributed by atoms with Crippen molar-refractivity contribution in [3.05, 3.63) is 90.2 Å². The molecule has 1 amide bonds. The summed E-state index contributed by atoms with van der Waals surface area (Å²) in [6.45, 7) is 1.38. The summed E-state index contributed by atoms with van der Waals surface area (Å²) in [5, 5.41) is 0. The first-order valence-corrected chi connectivity index (χ1v) is 12.3. The number of hydrogen-bond acceptors (Lipinski definition) is 5. The molecule has 1 saturated heterocycles. The maximum absolute atomic E-state index is 13.2. The largest absolute Gasteiger partial charge is 0.490 e. The van der Waals surface area contributed by atoms with Crippen molar-refractivity contribution in [3.63, 3.8) is 0 Å². The highest BCUT2D eigenvalue weighted by molar-refractivity contribution is 7.89. The molecule has 0 radical (unpaired) electrons. The van der Waals surface area contributed by atoms with Crippen LogP contribution in [0, 0.1) is 5.82 Å². The highest BCUT2D eigenvalue weighted by atomic mass is 32.2. The lowest BCUT2D eigenvalue weighted by molar-refractivity contribution is 0.0692. The highest BCUT2D eigenvalue weighted by Crippen LogP contribution is 2.23. The topological polar surface area (TPSA) is 76.2 Å².